The Labute approximate surface area is 133 Å². The van der Waals surface area contributed by atoms with Crippen LogP contribution in [0.3, 0.4) is 0 Å². The lowest BCUT2D eigenvalue weighted by Gasteiger charge is -2.10. The molecule has 0 atom stereocenters. The molecule has 2 N–H and O–H groups in total. The monoisotopic (exact) mass is 313 g/mol. The standard InChI is InChI=1S/C16H16ClN5/c17-11-7-5-10(6-8-11)14-13-15(18)19-9-20-16(13)22(21-14)12-3-1-2-4-12/h5-9,12H,1-4H2,(H2,18,19,20). The number of anilines is 1. The van der Waals surface area contributed by atoms with E-state index in [2.05, 4.69) is 9.97 Å². The van der Waals surface area contributed by atoms with Gasteiger partial charge in [0.1, 0.15) is 17.8 Å². The third-order valence-electron chi connectivity index (χ3n) is 4.31. The summed E-state index contributed by atoms with van der Waals surface area (Å²) >= 11 is 5.98. The van der Waals surface area contributed by atoms with Crippen molar-refractivity contribution in [1.82, 2.24) is 19.7 Å². The molecule has 1 aliphatic rings. The first-order valence-corrected chi connectivity index (χ1v) is 7.86. The molecule has 3 aromatic rings. The molecule has 0 spiro atoms. The highest BCUT2D eigenvalue weighted by atomic mass is 35.5. The normalized spacial score (nSPS) is 15.7. The largest absolute Gasteiger partial charge is 0.383 e. The van der Waals surface area contributed by atoms with E-state index in [1.54, 1.807) is 0 Å². The van der Waals surface area contributed by atoms with Crippen LogP contribution in [0.5, 0.6) is 0 Å². The van der Waals surface area contributed by atoms with Crippen molar-refractivity contribution in [3.05, 3.63) is 35.6 Å². The Morgan fingerprint density at radius 2 is 1.82 bits per heavy atom. The highest BCUT2D eigenvalue weighted by Crippen LogP contribution is 2.36. The molecule has 22 heavy (non-hydrogen) atoms. The predicted octanol–water partition coefficient (Wildman–Crippen LogP) is 3.84. The van der Waals surface area contributed by atoms with Crippen molar-refractivity contribution in [1.29, 1.82) is 0 Å². The molecule has 6 heteroatoms. The molecule has 0 amide bonds. The van der Waals surface area contributed by atoms with Crippen LogP contribution in [-0.2, 0) is 0 Å². The summed E-state index contributed by atoms with van der Waals surface area (Å²) in [5.41, 5.74) is 8.74. The summed E-state index contributed by atoms with van der Waals surface area (Å²) in [6, 6.07) is 8.03. The maximum atomic E-state index is 6.11. The number of benzene rings is 1. The molecule has 5 nitrogen and oxygen atoms in total. The molecule has 1 aliphatic carbocycles. The molecule has 0 saturated heterocycles. The first-order valence-electron chi connectivity index (χ1n) is 7.48. The van der Waals surface area contributed by atoms with Crippen molar-refractivity contribution in [2.24, 2.45) is 0 Å². The summed E-state index contributed by atoms with van der Waals surface area (Å²) < 4.78 is 2.03. The zero-order chi connectivity index (χ0) is 15.1. The summed E-state index contributed by atoms with van der Waals surface area (Å²) in [5, 5.41) is 6.35. The molecule has 4 rings (SSSR count). The fourth-order valence-electron chi connectivity index (χ4n) is 3.21. The molecule has 112 valence electrons. The van der Waals surface area contributed by atoms with Gasteiger partial charge >= 0.3 is 0 Å². The van der Waals surface area contributed by atoms with Crippen LogP contribution in [0.4, 0.5) is 5.82 Å². The topological polar surface area (TPSA) is 69.6 Å². The number of aromatic nitrogens is 4. The van der Waals surface area contributed by atoms with E-state index < -0.39 is 0 Å². The van der Waals surface area contributed by atoms with Gasteiger partial charge in [-0.3, -0.25) is 0 Å². The van der Waals surface area contributed by atoms with Crippen LogP contribution in [0, 0.1) is 0 Å². The number of nitrogens with zero attached hydrogens (tertiary/aromatic N) is 4. The zero-order valence-electron chi connectivity index (χ0n) is 12.0. The van der Waals surface area contributed by atoms with E-state index in [1.807, 2.05) is 28.9 Å². The van der Waals surface area contributed by atoms with Crippen molar-refractivity contribution in [2.45, 2.75) is 31.7 Å². The van der Waals surface area contributed by atoms with Crippen molar-refractivity contribution in [3.8, 4) is 11.3 Å². The van der Waals surface area contributed by atoms with E-state index in [9.17, 15) is 0 Å². The van der Waals surface area contributed by atoms with E-state index >= 15 is 0 Å². The summed E-state index contributed by atoms with van der Waals surface area (Å²) in [4.78, 5) is 8.57. The van der Waals surface area contributed by atoms with Gasteiger partial charge in [-0.25, -0.2) is 14.6 Å². The summed E-state index contributed by atoms with van der Waals surface area (Å²) in [6.45, 7) is 0. The number of fused-ring (bicyclic) bond motifs is 1. The molecular weight excluding hydrogens is 298 g/mol. The number of nitrogens with two attached hydrogens (primary N) is 1. The predicted molar refractivity (Wildman–Crippen MR) is 87.7 cm³/mol. The van der Waals surface area contributed by atoms with Crippen LogP contribution < -0.4 is 5.73 Å². The van der Waals surface area contributed by atoms with Crippen LogP contribution in [0.15, 0.2) is 30.6 Å². The molecule has 1 aromatic carbocycles. The summed E-state index contributed by atoms with van der Waals surface area (Å²) in [7, 11) is 0. The van der Waals surface area contributed by atoms with E-state index in [4.69, 9.17) is 22.4 Å². The average Bonchev–Trinajstić information content (AvgIpc) is 3.15. The van der Waals surface area contributed by atoms with E-state index in [-0.39, 0.29) is 0 Å². The van der Waals surface area contributed by atoms with E-state index in [1.165, 1.54) is 19.2 Å². The molecule has 0 unspecified atom stereocenters. The summed E-state index contributed by atoms with van der Waals surface area (Å²) in [5.74, 6) is 0.471. The molecule has 0 radical (unpaired) electrons. The Kier molecular flexibility index (Phi) is 3.22. The number of hydrogen-bond acceptors (Lipinski definition) is 4. The van der Waals surface area contributed by atoms with Crippen LogP contribution in [0.2, 0.25) is 5.02 Å². The van der Waals surface area contributed by atoms with Crippen LogP contribution >= 0.6 is 11.6 Å². The van der Waals surface area contributed by atoms with Gasteiger partial charge in [-0.15, -0.1) is 0 Å². The van der Waals surface area contributed by atoms with Crippen molar-refractivity contribution in [3.63, 3.8) is 0 Å². The zero-order valence-corrected chi connectivity index (χ0v) is 12.8. The van der Waals surface area contributed by atoms with Gasteiger partial charge in [-0.2, -0.15) is 5.10 Å². The molecule has 0 bridgehead atoms. The van der Waals surface area contributed by atoms with Crippen LogP contribution in [0.25, 0.3) is 22.3 Å². The molecular formula is C16H16ClN5. The van der Waals surface area contributed by atoms with Crippen molar-refractivity contribution < 1.29 is 0 Å². The Bertz CT molecular complexity index is 818. The van der Waals surface area contributed by atoms with Gasteiger partial charge in [-0.1, -0.05) is 36.6 Å². The maximum Gasteiger partial charge on any atom is 0.164 e. The number of rotatable bonds is 2. The number of nitrogen functional groups attached to an aromatic ring is 1. The fraction of sp³-hybridized carbons (Fsp3) is 0.312. The Morgan fingerprint density at radius 1 is 1.09 bits per heavy atom. The lowest BCUT2D eigenvalue weighted by Crippen LogP contribution is -2.07. The lowest BCUT2D eigenvalue weighted by atomic mass is 10.1. The Hall–Kier alpha value is -2.14. The quantitative estimate of drug-likeness (QED) is 0.780. The molecule has 1 fully saturated rings. The van der Waals surface area contributed by atoms with Gasteiger partial charge in [0.05, 0.1) is 11.4 Å². The van der Waals surface area contributed by atoms with E-state index in [0.29, 0.717) is 16.9 Å². The minimum atomic E-state index is 0.401. The third kappa shape index (κ3) is 2.13. The van der Waals surface area contributed by atoms with Gasteiger partial charge in [0, 0.05) is 10.6 Å². The molecule has 1 saturated carbocycles. The second kappa shape index (κ2) is 5.25. The first kappa shape index (κ1) is 13.5. The second-order valence-electron chi connectivity index (χ2n) is 5.70. The second-order valence-corrected chi connectivity index (χ2v) is 6.13. The highest BCUT2D eigenvalue weighted by Gasteiger charge is 2.24. The van der Waals surface area contributed by atoms with Gasteiger partial charge in [0.15, 0.2) is 5.65 Å². The summed E-state index contributed by atoms with van der Waals surface area (Å²) in [6.07, 6.45) is 6.27. The number of halogens is 1. The average molecular weight is 314 g/mol. The first-order chi connectivity index (χ1) is 10.7. The lowest BCUT2D eigenvalue weighted by molar-refractivity contribution is 0.479. The SMILES string of the molecule is Nc1ncnc2c1c(-c1ccc(Cl)cc1)nn2C1CCCC1. The van der Waals surface area contributed by atoms with Crippen molar-refractivity contribution >= 4 is 28.5 Å². The van der Waals surface area contributed by atoms with Gasteiger partial charge < -0.3 is 5.73 Å². The molecule has 2 aromatic heterocycles. The van der Waals surface area contributed by atoms with Crippen LogP contribution in [0.1, 0.15) is 31.7 Å². The molecule has 2 heterocycles. The van der Waals surface area contributed by atoms with Gasteiger partial charge in [0.2, 0.25) is 0 Å². The third-order valence-corrected chi connectivity index (χ3v) is 4.56. The van der Waals surface area contributed by atoms with Gasteiger partial charge in [0.25, 0.3) is 0 Å². The van der Waals surface area contributed by atoms with Gasteiger partial charge in [-0.05, 0) is 25.0 Å². The minimum Gasteiger partial charge on any atom is -0.383 e. The smallest absolute Gasteiger partial charge is 0.164 e. The number of hydrogen-bond donors (Lipinski definition) is 1. The van der Waals surface area contributed by atoms with E-state index in [0.717, 1.165) is 35.1 Å². The Balaban J connectivity index is 1.95. The maximum absolute atomic E-state index is 6.11. The van der Waals surface area contributed by atoms with Crippen LogP contribution in [-0.4, -0.2) is 19.7 Å². The fourth-order valence-corrected chi connectivity index (χ4v) is 3.33. The molecule has 0 aliphatic heterocycles. The Morgan fingerprint density at radius 3 is 2.55 bits per heavy atom. The van der Waals surface area contributed by atoms with Crippen molar-refractivity contribution in [2.75, 3.05) is 5.73 Å². The minimum absolute atomic E-state index is 0.401. The highest BCUT2D eigenvalue weighted by molar-refractivity contribution is 6.30.